The lowest BCUT2D eigenvalue weighted by Gasteiger charge is -2.32. The summed E-state index contributed by atoms with van der Waals surface area (Å²) in [6.07, 6.45) is 4.15. The molecule has 0 spiro atoms. The third-order valence-corrected chi connectivity index (χ3v) is 4.34. The van der Waals surface area contributed by atoms with Gasteiger partial charge in [-0.2, -0.15) is 5.10 Å². The first kappa shape index (κ1) is 15.0. The van der Waals surface area contributed by atoms with E-state index in [4.69, 9.17) is 4.74 Å². The molecule has 4 nitrogen and oxygen atoms in total. The molecular weight excluding hydrogens is 306 g/mol. The molecule has 0 bridgehead atoms. The molecule has 1 saturated heterocycles. The average molecular weight is 330 g/mol. The van der Waals surface area contributed by atoms with Gasteiger partial charge in [-0.3, -0.25) is 4.68 Å². The summed E-state index contributed by atoms with van der Waals surface area (Å²) in [7, 11) is 0. The highest BCUT2D eigenvalue weighted by Crippen LogP contribution is 2.35. The Kier molecular flexibility index (Phi) is 5.42. The molecule has 1 atom stereocenters. The van der Waals surface area contributed by atoms with Crippen LogP contribution in [0.4, 0.5) is 0 Å². The molecule has 1 aliphatic rings. The quantitative estimate of drug-likeness (QED) is 0.900. The van der Waals surface area contributed by atoms with E-state index in [0.29, 0.717) is 18.0 Å². The van der Waals surface area contributed by atoms with E-state index in [9.17, 15) is 0 Å². The molecule has 0 saturated carbocycles. The number of ether oxygens (including phenoxy) is 1. The smallest absolute Gasteiger partial charge is 0.0701 e. The van der Waals surface area contributed by atoms with E-state index in [1.807, 2.05) is 6.20 Å². The van der Waals surface area contributed by atoms with Crippen molar-refractivity contribution in [1.82, 2.24) is 15.1 Å². The Morgan fingerprint density at radius 2 is 2.16 bits per heavy atom. The van der Waals surface area contributed by atoms with E-state index >= 15 is 0 Å². The molecule has 1 N–H and O–H groups in total. The van der Waals surface area contributed by atoms with E-state index in [1.165, 1.54) is 5.69 Å². The van der Waals surface area contributed by atoms with Crippen molar-refractivity contribution < 1.29 is 4.74 Å². The van der Waals surface area contributed by atoms with Gasteiger partial charge in [-0.1, -0.05) is 6.92 Å². The standard InChI is InChI=1S/C14H24BrN3O/c1-4-16-13(11-5-7-19-8-6-11)14-12(15)9-17-18(14)10(2)3/h9-11,13,16H,4-8H2,1-3H3. The van der Waals surface area contributed by atoms with Gasteiger partial charge in [0.05, 0.1) is 22.4 Å². The predicted octanol–water partition coefficient (Wildman–Crippen LogP) is 3.30. The van der Waals surface area contributed by atoms with Crippen molar-refractivity contribution >= 4 is 15.9 Å². The Hall–Kier alpha value is -0.390. The molecule has 5 heteroatoms. The number of halogens is 1. The number of nitrogens with zero attached hydrogens (tertiary/aromatic N) is 2. The molecule has 1 aromatic heterocycles. The van der Waals surface area contributed by atoms with Crippen LogP contribution < -0.4 is 5.32 Å². The van der Waals surface area contributed by atoms with Gasteiger partial charge in [-0.15, -0.1) is 0 Å². The fraction of sp³-hybridized carbons (Fsp3) is 0.786. The maximum Gasteiger partial charge on any atom is 0.0701 e. The van der Waals surface area contributed by atoms with Crippen molar-refractivity contribution in [3.8, 4) is 0 Å². The highest BCUT2D eigenvalue weighted by Gasteiger charge is 2.29. The maximum absolute atomic E-state index is 5.49. The minimum atomic E-state index is 0.355. The maximum atomic E-state index is 5.49. The van der Waals surface area contributed by atoms with Crippen molar-refractivity contribution in [3.05, 3.63) is 16.4 Å². The normalized spacial score (nSPS) is 19.0. The first-order valence-corrected chi connectivity index (χ1v) is 7.98. The van der Waals surface area contributed by atoms with E-state index in [1.54, 1.807) is 0 Å². The Balaban J connectivity index is 2.29. The molecule has 1 aliphatic heterocycles. The summed E-state index contributed by atoms with van der Waals surface area (Å²) in [6.45, 7) is 9.24. The van der Waals surface area contributed by atoms with Gasteiger partial charge in [0.15, 0.2) is 0 Å². The Morgan fingerprint density at radius 1 is 1.47 bits per heavy atom. The fourth-order valence-electron chi connectivity index (χ4n) is 2.81. The van der Waals surface area contributed by atoms with Crippen LogP contribution in [0.5, 0.6) is 0 Å². The fourth-order valence-corrected chi connectivity index (χ4v) is 3.33. The summed E-state index contributed by atoms with van der Waals surface area (Å²) < 4.78 is 8.73. The second kappa shape index (κ2) is 6.86. The molecule has 0 aromatic carbocycles. The van der Waals surface area contributed by atoms with E-state index < -0.39 is 0 Å². The van der Waals surface area contributed by atoms with Crippen LogP contribution >= 0.6 is 15.9 Å². The number of hydrogen-bond donors (Lipinski definition) is 1. The topological polar surface area (TPSA) is 39.1 Å². The van der Waals surface area contributed by atoms with Crippen molar-refractivity contribution in [2.45, 2.75) is 45.7 Å². The van der Waals surface area contributed by atoms with Crippen molar-refractivity contribution in [2.24, 2.45) is 5.92 Å². The Bertz CT molecular complexity index is 399. The summed E-state index contributed by atoms with van der Waals surface area (Å²) in [5.74, 6) is 0.624. The van der Waals surface area contributed by atoms with Gasteiger partial charge in [0.1, 0.15) is 0 Å². The lowest BCUT2D eigenvalue weighted by molar-refractivity contribution is 0.0524. The zero-order valence-corrected chi connectivity index (χ0v) is 13.6. The summed E-state index contributed by atoms with van der Waals surface area (Å²) >= 11 is 3.67. The molecule has 0 radical (unpaired) electrons. The monoisotopic (exact) mass is 329 g/mol. The van der Waals surface area contributed by atoms with Gasteiger partial charge in [-0.25, -0.2) is 0 Å². The highest BCUT2D eigenvalue weighted by molar-refractivity contribution is 9.10. The molecule has 1 fully saturated rings. The van der Waals surface area contributed by atoms with Gasteiger partial charge >= 0.3 is 0 Å². The van der Waals surface area contributed by atoms with Crippen molar-refractivity contribution in [1.29, 1.82) is 0 Å². The Labute approximate surface area is 124 Å². The molecule has 19 heavy (non-hydrogen) atoms. The number of aromatic nitrogens is 2. The first-order chi connectivity index (χ1) is 9.15. The van der Waals surface area contributed by atoms with E-state index in [2.05, 4.69) is 51.8 Å². The van der Waals surface area contributed by atoms with E-state index in [0.717, 1.165) is 37.1 Å². The van der Waals surface area contributed by atoms with Gasteiger partial charge in [0.2, 0.25) is 0 Å². The van der Waals surface area contributed by atoms with Gasteiger partial charge in [0.25, 0.3) is 0 Å². The molecule has 0 aliphatic carbocycles. The van der Waals surface area contributed by atoms with Gasteiger partial charge in [0, 0.05) is 19.3 Å². The summed E-state index contributed by atoms with van der Waals surface area (Å²) in [5, 5.41) is 8.16. The van der Waals surface area contributed by atoms with Crippen LogP contribution in [-0.2, 0) is 4.74 Å². The number of nitrogens with one attached hydrogen (secondary N) is 1. The third kappa shape index (κ3) is 3.38. The predicted molar refractivity (Wildman–Crippen MR) is 80.3 cm³/mol. The van der Waals surface area contributed by atoms with Crippen LogP contribution in [0.3, 0.4) is 0 Å². The Morgan fingerprint density at radius 3 is 2.74 bits per heavy atom. The zero-order chi connectivity index (χ0) is 13.8. The summed E-state index contributed by atoms with van der Waals surface area (Å²) in [4.78, 5) is 0. The number of hydrogen-bond acceptors (Lipinski definition) is 3. The van der Waals surface area contributed by atoms with Crippen molar-refractivity contribution in [2.75, 3.05) is 19.8 Å². The lowest BCUT2D eigenvalue weighted by Crippen LogP contribution is -2.34. The third-order valence-electron chi connectivity index (χ3n) is 3.73. The summed E-state index contributed by atoms with van der Waals surface area (Å²) in [5.41, 5.74) is 1.28. The van der Waals surface area contributed by atoms with Crippen LogP contribution in [-0.4, -0.2) is 29.5 Å². The number of rotatable bonds is 5. The summed E-state index contributed by atoms with van der Waals surface area (Å²) in [6, 6.07) is 0.732. The largest absolute Gasteiger partial charge is 0.381 e. The second-order valence-electron chi connectivity index (χ2n) is 5.40. The van der Waals surface area contributed by atoms with Crippen LogP contribution in [0, 0.1) is 5.92 Å². The van der Waals surface area contributed by atoms with Crippen LogP contribution in [0.1, 0.15) is 51.4 Å². The molecule has 0 amide bonds. The SMILES string of the molecule is CCNC(c1c(Br)cnn1C(C)C)C1CCOCC1. The second-order valence-corrected chi connectivity index (χ2v) is 6.26. The molecule has 108 valence electrons. The van der Waals surface area contributed by atoms with Crippen LogP contribution in [0.25, 0.3) is 0 Å². The molecular formula is C14H24BrN3O. The van der Waals surface area contributed by atoms with E-state index in [-0.39, 0.29) is 0 Å². The van der Waals surface area contributed by atoms with Gasteiger partial charge < -0.3 is 10.1 Å². The van der Waals surface area contributed by atoms with Gasteiger partial charge in [-0.05, 0) is 55.1 Å². The minimum absolute atomic E-state index is 0.355. The average Bonchev–Trinajstić information content (AvgIpc) is 2.79. The van der Waals surface area contributed by atoms with Crippen LogP contribution in [0.15, 0.2) is 10.7 Å². The molecule has 1 unspecified atom stereocenters. The minimum Gasteiger partial charge on any atom is -0.381 e. The molecule has 2 heterocycles. The zero-order valence-electron chi connectivity index (χ0n) is 12.0. The van der Waals surface area contributed by atoms with Crippen molar-refractivity contribution in [3.63, 3.8) is 0 Å². The highest BCUT2D eigenvalue weighted by atomic mass is 79.9. The molecule has 2 rings (SSSR count). The molecule has 1 aromatic rings. The first-order valence-electron chi connectivity index (χ1n) is 7.19. The lowest BCUT2D eigenvalue weighted by atomic mass is 9.89. The van der Waals surface area contributed by atoms with Crippen LogP contribution in [0.2, 0.25) is 0 Å².